The third-order valence-electron chi connectivity index (χ3n) is 5.62. The molecule has 1 aliphatic rings. The number of ether oxygens (including phenoxy) is 2. The van der Waals surface area contributed by atoms with E-state index >= 15 is 0 Å². The minimum atomic E-state index is -0.608. The third-order valence-corrected chi connectivity index (χ3v) is 7.06. The highest BCUT2D eigenvalue weighted by Crippen LogP contribution is 2.31. The molecular weight excluding hydrogens is 498 g/mol. The second-order valence-corrected chi connectivity index (χ2v) is 9.65. The molecule has 0 radical (unpaired) electrons. The fourth-order valence-corrected chi connectivity index (χ4v) is 4.87. The molecule has 7 nitrogen and oxygen atoms in total. The van der Waals surface area contributed by atoms with Crippen molar-refractivity contribution in [1.29, 1.82) is 0 Å². The number of nitrogens with one attached hydrogen (secondary N) is 1. The van der Waals surface area contributed by atoms with Gasteiger partial charge in [0.05, 0.1) is 19.9 Å². The van der Waals surface area contributed by atoms with Gasteiger partial charge in [0.1, 0.15) is 16.7 Å². The van der Waals surface area contributed by atoms with E-state index < -0.39 is 5.25 Å². The number of nitrogens with zero attached hydrogens (tertiary/aromatic N) is 2. The zero-order chi connectivity index (χ0) is 25.5. The summed E-state index contributed by atoms with van der Waals surface area (Å²) in [7, 11) is 3.21. The first-order valence-corrected chi connectivity index (χ1v) is 12.6. The number of carbonyl (C=O) groups is 2. The average Bonchev–Trinajstić information content (AvgIpc) is 2.90. The summed E-state index contributed by atoms with van der Waals surface area (Å²) in [6.07, 6.45) is 0.716. The first kappa shape index (κ1) is 25.6. The largest absolute Gasteiger partial charge is 0.497 e. The highest BCUT2D eigenvalue weighted by Gasteiger charge is 2.35. The number of rotatable bonds is 8. The summed E-state index contributed by atoms with van der Waals surface area (Å²) in [6.45, 7) is 0.442. The van der Waals surface area contributed by atoms with E-state index in [4.69, 9.17) is 26.1 Å². The van der Waals surface area contributed by atoms with Crippen LogP contribution in [-0.2, 0) is 16.0 Å². The molecule has 0 aromatic heterocycles. The maximum atomic E-state index is 13.2. The molecule has 0 spiro atoms. The molecule has 0 aliphatic carbocycles. The van der Waals surface area contributed by atoms with Crippen molar-refractivity contribution < 1.29 is 19.1 Å². The molecule has 9 heteroatoms. The van der Waals surface area contributed by atoms with Crippen LogP contribution in [0.15, 0.2) is 77.8 Å². The van der Waals surface area contributed by atoms with E-state index in [1.165, 1.54) is 11.8 Å². The second kappa shape index (κ2) is 12.0. The van der Waals surface area contributed by atoms with Crippen molar-refractivity contribution in [2.24, 2.45) is 4.99 Å². The third kappa shape index (κ3) is 6.59. The number of carbonyl (C=O) groups excluding carboxylic acids is 2. The van der Waals surface area contributed by atoms with Gasteiger partial charge in [-0.1, -0.05) is 35.5 Å². The van der Waals surface area contributed by atoms with Gasteiger partial charge in [-0.15, -0.1) is 0 Å². The van der Waals surface area contributed by atoms with Crippen molar-refractivity contribution in [3.8, 4) is 11.5 Å². The van der Waals surface area contributed by atoms with Crippen LogP contribution in [0.4, 0.5) is 11.4 Å². The molecule has 1 fully saturated rings. The van der Waals surface area contributed by atoms with Gasteiger partial charge in [-0.2, -0.15) is 0 Å². The van der Waals surface area contributed by atoms with Crippen LogP contribution < -0.4 is 14.8 Å². The Labute approximate surface area is 219 Å². The lowest BCUT2D eigenvalue weighted by molar-refractivity contribution is -0.129. The quantitative estimate of drug-likeness (QED) is 0.418. The topological polar surface area (TPSA) is 80.2 Å². The number of hydrogen-bond donors (Lipinski definition) is 1. The van der Waals surface area contributed by atoms with Gasteiger partial charge in [0.15, 0.2) is 5.17 Å². The first-order valence-electron chi connectivity index (χ1n) is 11.3. The van der Waals surface area contributed by atoms with Crippen LogP contribution in [0.5, 0.6) is 11.5 Å². The predicted octanol–water partition coefficient (Wildman–Crippen LogP) is 5.56. The van der Waals surface area contributed by atoms with Crippen LogP contribution in [0.2, 0.25) is 5.02 Å². The van der Waals surface area contributed by atoms with Crippen molar-refractivity contribution in [2.45, 2.75) is 18.1 Å². The number of aliphatic imine (C=N–C) groups is 1. The molecule has 186 valence electrons. The Hall–Kier alpha value is -3.49. The van der Waals surface area contributed by atoms with Gasteiger partial charge in [-0.05, 0) is 72.6 Å². The number of amidine groups is 1. The van der Waals surface area contributed by atoms with Gasteiger partial charge >= 0.3 is 0 Å². The number of halogens is 1. The van der Waals surface area contributed by atoms with Crippen LogP contribution >= 0.6 is 23.4 Å². The Morgan fingerprint density at radius 3 is 2.22 bits per heavy atom. The maximum Gasteiger partial charge on any atom is 0.238 e. The first-order chi connectivity index (χ1) is 17.4. The summed E-state index contributed by atoms with van der Waals surface area (Å²) in [5, 5.41) is 3.36. The summed E-state index contributed by atoms with van der Waals surface area (Å²) in [4.78, 5) is 32.6. The minimum Gasteiger partial charge on any atom is -0.497 e. The van der Waals surface area contributed by atoms with Crippen LogP contribution in [0, 0.1) is 0 Å². The molecule has 0 saturated carbocycles. The van der Waals surface area contributed by atoms with E-state index in [-0.39, 0.29) is 18.2 Å². The smallest absolute Gasteiger partial charge is 0.238 e. The molecule has 3 aromatic carbocycles. The second-order valence-electron chi connectivity index (χ2n) is 8.04. The number of anilines is 1. The van der Waals surface area contributed by atoms with Crippen molar-refractivity contribution in [2.75, 3.05) is 26.1 Å². The molecule has 1 aliphatic heterocycles. The van der Waals surface area contributed by atoms with E-state index in [2.05, 4.69) is 5.32 Å². The summed E-state index contributed by atoms with van der Waals surface area (Å²) < 4.78 is 10.4. The highest BCUT2D eigenvalue weighted by molar-refractivity contribution is 8.15. The number of amides is 2. The Kier molecular flexibility index (Phi) is 8.51. The maximum absolute atomic E-state index is 13.2. The Bertz CT molecular complexity index is 1230. The van der Waals surface area contributed by atoms with Gasteiger partial charge in [0.2, 0.25) is 11.8 Å². The lowest BCUT2D eigenvalue weighted by Crippen LogP contribution is -2.46. The van der Waals surface area contributed by atoms with E-state index in [0.717, 1.165) is 11.3 Å². The molecule has 1 atom stereocenters. The number of hydrogen-bond acceptors (Lipinski definition) is 6. The molecule has 1 unspecified atom stereocenters. The molecule has 36 heavy (non-hydrogen) atoms. The van der Waals surface area contributed by atoms with Crippen molar-refractivity contribution in [3.05, 3.63) is 83.4 Å². The number of methoxy groups -OCH3 is 2. The molecule has 0 bridgehead atoms. The molecule has 1 heterocycles. The van der Waals surface area contributed by atoms with Gasteiger partial charge in [0.25, 0.3) is 0 Å². The average molecular weight is 524 g/mol. The van der Waals surface area contributed by atoms with E-state index in [1.807, 2.05) is 24.3 Å². The Morgan fingerprint density at radius 1 is 1.00 bits per heavy atom. The van der Waals surface area contributed by atoms with E-state index in [0.29, 0.717) is 40.3 Å². The molecule has 2 amide bonds. The highest BCUT2D eigenvalue weighted by atomic mass is 35.5. The van der Waals surface area contributed by atoms with Crippen LogP contribution in [0.3, 0.4) is 0 Å². The lowest BCUT2D eigenvalue weighted by atomic mass is 10.1. The van der Waals surface area contributed by atoms with E-state index in [1.54, 1.807) is 67.7 Å². The van der Waals surface area contributed by atoms with Crippen molar-refractivity contribution in [3.63, 3.8) is 0 Å². The van der Waals surface area contributed by atoms with Crippen molar-refractivity contribution >= 4 is 51.7 Å². The molecule has 1 N–H and O–H groups in total. The Balaban J connectivity index is 1.52. The van der Waals surface area contributed by atoms with Crippen LogP contribution in [0.1, 0.15) is 12.0 Å². The summed E-state index contributed by atoms with van der Waals surface area (Å²) >= 11 is 7.30. The van der Waals surface area contributed by atoms with Gasteiger partial charge < -0.3 is 14.8 Å². The summed E-state index contributed by atoms with van der Waals surface area (Å²) in [6, 6.07) is 21.8. The zero-order valence-electron chi connectivity index (χ0n) is 19.9. The lowest BCUT2D eigenvalue weighted by Gasteiger charge is -2.32. The van der Waals surface area contributed by atoms with Crippen molar-refractivity contribution in [1.82, 2.24) is 4.90 Å². The standard InChI is InChI=1S/C27H26ClN3O4S/c1-34-22-11-3-18(4-12-22)15-16-31-25(32)17-24(26(33)29-20-9-13-23(35-2)14-10-20)36-27(31)30-21-7-5-19(28)6-8-21/h3-14,24H,15-17H2,1-2H3,(H,29,33). The fourth-order valence-electron chi connectivity index (χ4n) is 3.62. The summed E-state index contributed by atoms with van der Waals surface area (Å²) in [5.74, 6) is 1.07. The normalized spacial score (nSPS) is 16.6. The summed E-state index contributed by atoms with van der Waals surface area (Å²) in [5.41, 5.74) is 2.35. The molecular formula is C27H26ClN3O4S. The fraction of sp³-hybridized carbons (Fsp3) is 0.222. The monoisotopic (exact) mass is 523 g/mol. The number of benzene rings is 3. The molecule has 1 saturated heterocycles. The number of thioether (sulfide) groups is 1. The van der Waals surface area contributed by atoms with Gasteiger partial charge in [-0.25, -0.2) is 4.99 Å². The van der Waals surface area contributed by atoms with Crippen LogP contribution in [-0.4, -0.2) is 47.9 Å². The Morgan fingerprint density at radius 2 is 1.61 bits per heavy atom. The minimum absolute atomic E-state index is 0.0783. The van der Waals surface area contributed by atoms with Gasteiger partial charge in [-0.3, -0.25) is 14.5 Å². The molecule has 3 aromatic rings. The predicted molar refractivity (Wildman–Crippen MR) is 145 cm³/mol. The van der Waals surface area contributed by atoms with E-state index in [9.17, 15) is 9.59 Å². The van der Waals surface area contributed by atoms with Crippen LogP contribution in [0.25, 0.3) is 0 Å². The SMILES string of the molecule is COc1ccc(CCN2C(=O)CC(C(=O)Nc3ccc(OC)cc3)SC2=Nc2ccc(Cl)cc2)cc1. The molecule has 4 rings (SSSR count). The zero-order valence-corrected chi connectivity index (χ0v) is 21.5. The van der Waals surface area contributed by atoms with Gasteiger partial charge in [0, 0.05) is 23.7 Å².